The monoisotopic (exact) mass is 398 g/mol. The second-order valence-corrected chi connectivity index (χ2v) is 8.74. The average Bonchev–Trinajstić information content (AvgIpc) is 2.72. The first-order valence-electron chi connectivity index (χ1n) is 9.74. The summed E-state index contributed by atoms with van der Waals surface area (Å²) in [6, 6.07) is 6.52. The van der Waals surface area contributed by atoms with Gasteiger partial charge in [-0.3, -0.25) is 14.2 Å². The molecule has 0 spiro atoms. The minimum absolute atomic E-state index is 0.0326. The number of rotatable bonds is 2. The lowest BCUT2D eigenvalue weighted by atomic mass is 10.1. The number of thioether (sulfide) groups is 1. The third-order valence-corrected chi connectivity index (χ3v) is 6.80. The van der Waals surface area contributed by atoms with Gasteiger partial charge in [-0.1, -0.05) is 23.9 Å². The Morgan fingerprint density at radius 3 is 2.61 bits per heavy atom. The zero-order valence-electron chi connectivity index (χ0n) is 16.6. The van der Waals surface area contributed by atoms with Gasteiger partial charge >= 0.3 is 0 Å². The molecule has 28 heavy (non-hydrogen) atoms. The van der Waals surface area contributed by atoms with Crippen molar-refractivity contribution in [1.29, 1.82) is 0 Å². The molecule has 0 saturated carbocycles. The second-order valence-electron chi connectivity index (χ2n) is 7.75. The fraction of sp³-hybridized carbons (Fsp3) is 0.476. The number of carbonyl (C=O) groups excluding carboxylic acids is 1. The van der Waals surface area contributed by atoms with Crippen LogP contribution in [0, 0.1) is 26.7 Å². The van der Waals surface area contributed by atoms with E-state index < -0.39 is 0 Å². The molecule has 3 heterocycles. The number of amides is 1. The van der Waals surface area contributed by atoms with E-state index in [2.05, 4.69) is 41.9 Å². The van der Waals surface area contributed by atoms with Crippen LogP contribution in [0.25, 0.3) is 0 Å². The smallest absolute Gasteiger partial charge is 0.257 e. The number of hydrogen-bond acceptors (Lipinski definition) is 5. The molecule has 0 bridgehead atoms. The lowest BCUT2D eigenvalue weighted by Gasteiger charge is -2.39. The van der Waals surface area contributed by atoms with Gasteiger partial charge in [0.15, 0.2) is 5.16 Å². The van der Waals surface area contributed by atoms with Gasteiger partial charge in [0, 0.05) is 55.9 Å². The van der Waals surface area contributed by atoms with Crippen molar-refractivity contribution in [3.8, 4) is 0 Å². The fourth-order valence-electron chi connectivity index (χ4n) is 3.94. The number of aryl methyl sites for hydroxylation is 3. The molecule has 0 aliphatic carbocycles. The maximum Gasteiger partial charge on any atom is 0.257 e. The Kier molecular flexibility index (Phi) is 5.19. The normalized spacial score (nSPS) is 19.5. The topological polar surface area (TPSA) is 58.4 Å². The van der Waals surface area contributed by atoms with Gasteiger partial charge in [-0.25, -0.2) is 4.98 Å². The molecule has 1 aromatic heterocycles. The number of piperazine rings is 1. The van der Waals surface area contributed by atoms with E-state index in [0.29, 0.717) is 17.9 Å². The van der Waals surface area contributed by atoms with E-state index in [0.717, 1.165) is 31.3 Å². The van der Waals surface area contributed by atoms with Crippen LogP contribution >= 0.6 is 11.8 Å². The summed E-state index contributed by atoms with van der Waals surface area (Å²) in [4.78, 5) is 34.2. The lowest BCUT2D eigenvalue weighted by molar-refractivity contribution is -0.135. The van der Waals surface area contributed by atoms with Crippen molar-refractivity contribution in [3.63, 3.8) is 0 Å². The van der Waals surface area contributed by atoms with Gasteiger partial charge in [-0.05, 0) is 38.0 Å². The molecule has 1 fully saturated rings. The number of benzene rings is 1. The van der Waals surface area contributed by atoms with Gasteiger partial charge < -0.3 is 9.80 Å². The Morgan fingerprint density at radius 1 is 1.11 bits per heavy atom. The predicted molar refractivity (Wildman–Crippen MR) is 112 cm³/mol. The van der Waals surface area contributed by atoms with Crippen LogP contribution in [0.3, 0.4) is 0 Å². The van der Waals surface area contributed by atoms with Crippen molar-refractivity contribution < 1.29 is 4.79 Å². The van der Waals surface area contributed by atoms with E-state index in [1.807, 2.05) is 4.90 Å². The Morgan fingerprint density at radius 2 is 1.86 bits per heavy atom. The third kappa shape index (κ3) is 3.55. The zero-order chi connectivity index (χ0) is 19.8. The van der Waals surface area contributed by atoms with Gasteiger partial charge in [0.05, 0.1) is 5.92 Å². The summed E-state index contributed by atoms with van der Waals surface area (Å²) in [5.41, 5.74) is 4.39. The van der Waals surface area contributed by atoms with Crippen LogP contribution in [0.1, 0.15) is 16.7 Å². The summed E-state index contributed by atoms with van der Waals surface area (Å²) in [5.74, 6) is 0.684. The van der Waals surface area contributed by atoms with Crippen LogP contribution < -0.4 is 10.5 Å². The van der Waals surface area contributed by atoms with Gasteiger partial charge in [-0.2, -0.15) is 0 Å². The Balaban J connectivity index is 1.43. The van der Waals surface area contributed by atoms with Crippen molar-refractivity contribution >= 4 is 23.4 Å². The van der Waals surface area contributed by atoms with E-state index in [9.17, 15) is 9.59 Å². The van der Waals surface area contributed by atoms with E-state index >= 15 is 0 Å². The largest absolute Gasteiger partial charge is 0.368 e. The first-order chi connectivity index (χ1) is 13.4. The number of aromatic nitrogens is 2. The van der Waals surface area contributed by atoms with Crippen molar-refractivity contribution in [2.75, 3.05) is 36.8 Å². The molecule has 1 aromatic carbocycles. The van der Waals surface area contributed by atoms with Crippen molar-refractivity contribution in [1.82, 2.24) is 14.5 Å². The number of hydrogen-bond donors (Lipinski definition) is 0. The molecule has 1 saturated heterocycles. The van der Waals surface area contributed by atoms with Crippen LogP contribution in [0.5, 0.6) is 0 Å². The second kappa shape index (κ2) is 7.62. The Labute approximate surface area is 169 Å². The fourth-order valence-corrected chi connectivity index (χ4v) is 4.98. The van der Waals surface area contributed by atoms with Gasteiger partial charge in [-0.15, -0.1) is 0 Å². The summed E-state index contributed by atoms with van der Waals surface area (Å²) in [5, 5.41) is 0.722. The number of fused-ring (bicyclic) bond motifs is 1. The minimum atomic E-state index is -0.161. The van der Waals surface area contributed by atoms with Gasteiger partial charge in [0.25, 0.3) is 5.56 Å². The molecular weight excluding hydrogens is 372 g/mol. The number of anilines is 1. The van der Waals surface area contributed by atoms with E-state index in [1.165, 1.54) is 28.6 Å². The van der Waals surface area contributed by atoms with Crippen molar-refractivity contribution in [2.45, 2.75) is 32.5 Å². The van der Waals surface area contributed by atoms with Crippen molar-refractivity contribution in [3.05, 3.63) is 51.4 Å². The summed E-state index contributed by atoms with van der Waals surface area (Å²) >= 11 is 1.51. The molecule has 1 atom stereocenters. The summed E-state index contributed by atoms with van der Waals surface area (Å²) in [7, 11) is 0. The van der Waals surface area contributed by atoms with E-state index in [-0.39, 0.29) is 17.4 Å². The van der Waals surface area contributed by atoms with Crippen LogP contribution in [0.2, 0.25) is 0 Å². The quantitative estimate of drug-likeness (QED) is 0.726. The van der Waals surface area contributed by atoms with Crippen LogP contribution in [-0.2, 0) is 11.3 Å². The van der Waals surface area contributed by atoms with Crippen LogP contribution in [0.4, 0.5) is 5.69 Å². The molecular formula is C21H26N4O2S. The molecule has 1 unspecified atom stereocenters. The zero-order valence-corrected chi connectivity index (χ0v) is 17.5. The van der Waals surface area contributed by atoms with Crippen LogP contribution in [0.15, 0.2) is 34.3 Å². The van der Waals surface area contributed by atoms with Gasteiger partial charge in [0.2, 0.25) is 5.91 Å². The van der Waals surface area contributed by atoms with Crippen LogP contribution in [-0.4, -0.2) is 52.3 Å². The minimum Gasteiger partial charge on any atom is -0.368 e. The summed E-state index contributed by atoms with van der Waals surface area (Å²) < 4.78 is 1.67. The van der Waals surface area contributed by atoms with Crippen molar-refractivity contribution in [2.24, 2.45) is 5.92 Å². The Hall–Kier alpha value is -2.28. The first kappa shape index (κ1) is 19.1. The van der Waals surface area contributed by atoms with E-state index in [1.54, 1.807) is 17.7 Å². The molecule has 2 aliphatic heterocycles. The third-order valence-electron chi connectivity index (χ3n) is 5.64. The standard InChI is InChI=1S/C21H26N4O2S/c1-14-4-5-15(2)18(10-14)23-6-8-24(9-7-23)20(27)17-12-25-19(26)16(3)11-22-21(25)28-13-17/h4-5,10-11,17H,6-9,12-13H2,1-3H3. The Bertz CT molecular complexity index is 963. The van der Waals surface area contributed by atoms with E-state index in [4.69, 9.17) is 0 Å². The maximum absolute atomic E-state index is 13.1. The predicted octanol–water partition coefficient (Wildman–Crippen LogP) is 2.24. The highest BCUT2D eigenvalue weighted by molar-refractivity contribution is 7.99. The molecule has 7 heteroatoms. The summed E-state index contributed by atoms with van der Waals surface area (Å²) in [6.07, 6.45) is 1.62. The van der Waals surface area contributed by atoms with Gasteiger partial charge in [0.1, 0.15) is 0 Å². The molecule has 6 nitrogen and oxygen atoms in total. The highest BCUT2D eigenvalue weighted by Gasteiger charge is 2.32. The molecule has 2 aliphatic rings. The number of carbonyl (C=O) groups is 1. The molecule has 0 radical (unpaired) electrons. The number of nitrogens with zero attached hydrogens (tertiary/aromatic N) is 4. The molecule has 1 amide bonds. The highest BCUT2D eigenvalue weighted by atomic mass is 32.2. The SMILES string of the molecule is Cc1ccc(C)c(N2CCN(C(=O)C3CSc4ncc(C)c(=O)n4C3)CC2)c1. The maximum atomic E-state index is 13.1. The molecule has 4 rings (SSSR count). The average molecular weight is 399 g/mol. The molecule has 148 valence electrons. The summed E-state index contributed by atoms with van der Waals surface area (Å²) in [6.45, 7) is 9.58. The lowest BCUT2D eigenvalue weighted by Crippen LogP contribution is -2.52. The molecule has 2 aromatic rings. The molecule has 0 N–H and O–H groups in total. The first-order valence-corrected chi connectivity index (χ1v) is 10.7. The highest BCUT2D eigenvalue weighted by Crippen LogP contribution is 2.27.